The highest BCUT2D eigenvalue weighted by Gasteiger charge is 2.34. The van der Waals surface area contributed by atoms with Gasteiger partial charge < -0.3 is 4.74 Å². The van der Waals surface area contributed by atoms with E-state index in [0.29, 0.717) is 6.61 Å². The lowest BCUT2D eigenvalue weighted by molar-refractivity contribution is -0.142. The van der Waals surface area contributed by atoms with Crippen LogP contribution in [0.5, 0.6) is 0 Å². The number of carbonyl (C=O) groups excluding carboxylic acids is 1. The molecule has 3 nitrogen and oxygen atoms in total. The van der Waals surface area contributed by atoms with Gasteiger partial charge in [0.2, 0.25) is 0 Å². The van der Waals surface area contributed by atoms with Gasteiger partial charge in [0.1, 0.15) is 6.04 Å². The van der Waals surface area contributed by atoms with Crippen LogP contribution in [0.3, 0.4) is 0 Å². The van der Waals surface area contributed by atoms with Gasteiger partial charge in [0.25, 0.3) is 0 Å². The maximum atomic E-state index is 11.5. The van der Waals surface area contributed by atoms with Crippen LogP contribution < -0.4 is 0 Å². The van der Waals surface area contributed by atoms with Crippen molar-refractivity contribution in [1.29, 1.82) is 0 Å². The van der Waals surface area contributed by atoms with E-state index >= 15 is 0 Å². The second-order valence-electron chi connectivity index (χ2n) is 4.06. The van der Waals surface area contributed by atoms with E-state index in [4.69, 9.17) is 4.74 Å². The Labute approximate surface area is 92.6 Å². The third-order valence-electron chi connectivity index (χ3n) is 3.19. The van der Waals surface area contributed by atoms with E-state index < -0.39 is 0 Å². The molecule has 1 aromatic rings. The summed E-state index contributed by atoms with van der Waals surface area (Å²) in [6.07, 6.45) is 1.94. The molecule has 2 aliphatic rings. The van der Waals surface area contributed by atoms with E-state index in [2.05, 4.69) is 16.3 Å². The lowest BCUT2D eigenvalue weighted by Crippen LogP contribution is -2.41. The average Bonchev–Trinajstić information content (AvgIpc) is 2.84. The molecule has 0 aromatic carbocycles. The summed E-state index contributed by atoms with van der Waals surface area (Å²) in [6.45, 7) is 2.50. The number of rotatable bonds is 1. The summed E-state index contributed by atoms with van der Waals surface area (Å²) < 4.78 is 5.01. The monoisotopic (exact) mass is 223 g/mol. The van der Waals surface area contributed by atoms with Crippen molar-refractivity contribution in [2.45, 2.75) is 25.4 Å². The molecule has 15 heavy (non-hydrogen) atoms. The number of hydrogen-bond acceptors (Lipinski definition) is 4. The molecule has 80 valence electrons. The summed E-state index contributed by atoms with van der Waals surface area (Å²) in [4.78, 5) is 15.2. The molecule has 1 saturated heterocycles. The molecule has 0 aliphatic carbocycles. The molecule has 0 amide bonds. The van der Waals surface area contributed by atoms with Crippen LogP contribution >= 0.6 is 11.3 Å². The Kier molecular flexibility index (Phi) is 2.25. The third kappa shape index (κ3) is 1.58. The van der Waals surface area contributed by atoms with Crippen LogP contribution in [0, 0.1) is 0 Å². The Bertz CT molecular complexity index is 388. The number of thiophene rings is 1. The highest BCUT2D eigenvalue weighted by molar-refractivity contribution is 7.10. The zero-order chi connectivity index (χ0) is 10.3. The van der Waals surface area contributed by atoms with Crippen molar-refractivity contribution >= 4 is 17.3 Å². The van der Waals surface area contributed by atoms with E-state index in [1.807, 2.05) is 11.3 Å². The molecule has 0 bridgehead atoms. The largest absolute Gasteiger partial charge is 0.464 e. The van der Waals surface area contributed by atoms with E-state index in [-0.39, 0.29) is 12.0 Å². The molecule has 1 atom stereocenters. The first kappa shape index (κ1) is 9.36. The maximum absolute atomic E-state index is 11.5. The van der Waals surface area contributed by atoms with Crippen LogP contribution in [-0.2, 0) is 22.5 Å². The first-order chi connectivity index (χ1) is 7.34. The Morgan fingerprint density at radius 3 is 3.27 bits per heavy atom. The zero-order valence-corrected chi connectivity index (χ0v) is 9.26. The topological polar surface area (TPSA) is 29.5 Å². The lowest BCUT2D eigenvalue weighted by Gasteiger charge is -2.29. The second kappa shape index (κ2) is 3.61. The van der Waals surface area contributed by atoms with Gasteiger partial charge in [-0.2, -0.15) is 0 Å². The van der Waals surface area contributed by atoms with E-state index in [1.165, 1.54) is 10.4 Å². The fourth-order valence-corrected chi connectivity index (χ4v) is 3.24. The molecule has 3 rings (SSSR count). The fourth-order valence-electron chi connectivity index (χ4n) is 2.35. The normalized spacial score (nSPS) is 26.4. The molecule has 0 spiro atoms. The van der Waals surface area contributed by atoms with Gasteiger partial charge in [0, 0.05) is 24.4 Å². The van der Waals surface area contributed by atoms with Gasteiger partial charge >= 0.3 is 5.97 Å². The van der Waals surface area contributed by atoms with Gasteiger partial charge in [0.05, 0.1) is 6.61 Å². The quantitative estimate of drug-likeness (QED) is 0.674. The Balaban J connectivity index is 1.78. The molecule has 0 N–H and O–H groups in total. The summed E-state index contributed by atoms with van der Waals surface area (Å²) in [6, 6.07) is 2.19. The van der Waals surface area contributed by atoms with Crippen molar-refractivity contribution < 1.29 is 9.53 Å². The Morgan fingerprint density at radius 1 is 1.53 bits per heavy atom. The summed E-state index contributed by atoms with van der Waals surface area (Å²) in [5.74, 6) is -0.0336. The minimum absolute atomic E-state index is 0.0121. The van der Waals surface area contributed by atoms with Crippen LogP contribution in [0.1, 0.15) is 16.9 Å². The molecular formula is C11H13NO2S. The predicted molar refractivity (Wildman–Crippen MR) is 57.8 cm³/mol. The molecule has 0 saturated carbocycles. The SMILES string of the molecule is O=C1OCC[C@H]1N1CCc2sccc2C1. The first-order valence-electron chi connectivity index (χ1n) is 5.30. The molecule has 1 fully saturated rings. The minimum Gasteiger partial charge on any atom is -0.464 e. The molecule has 2 aliphatic heterocycles. The van der Waals surface area contributed by atoms with Crippen molar-refractivity contribution in [3.63, 3.8) is 0 Å². The summed E-state index contributed by atoms with van der Waals surface area (Å²) in [5, 5.41) is 2.14. The maximum Gasteiger partial charge on any atom is 0.323 e. The van der Waals surface area contributed by atoms with Crippen molar-refractivity contribution in [3.8, 4) is 0 Å². The summed E-state index contributed by atoms with van der Waals surface area (Å²) in [5.41, 5.74) is 1.39. The van der Waals surface area contributed by atoms with Crippen LogP contribution in [0.15, 0.2) is 11.4 Å². The van der Waals surface area contributed by atoms with Gasteiger partial charge in [-0.05, 0) is 23.4 Å². The van der Waals surface area contributed by atoms with Gasteiger partial charge in [-0.15, -0.1) is 11.3 Å². The Hall–Kier alpha value is -0.870. The van der Waals surface area contributed by atoms with Crippen molar-refractivity contribution in [2.75, 3.05) is 13.2 Å². The number of fused-ring (bicyclic) bond motifs is 1. The van der Waals surface area contributed by atoms with Crippen LogP contribution in [0.2, 0.25) is 0 Å². The van der Waals surface area contributed by atoms with Crippen molar-refractivity contribution in [2.24, 2.45) is 0 Å². The molecule has 3 heterocycles. The smallest absolute Gasteiger partial charge is 0.323 e. The number of cyclic esters (lactones) is 1. The summed E-state index contributed by atoms with van der Waals surface area (Å²) in [7, 11) is 0. The number of nitrogens with zero attached hydrogens (tertiary/aromatic N) is 1. The van der Waals surface area contributed by atoms with Crippen LogP contribution in [-0.4, -0.2) is 30.1 Å². The highest BCUT2D eigenvalue weighted by atomic mass is 32.1. The molecule has 4 heteroatoms. The molecular weight excluding hydrogens is 210 g/mol. The van der Waals surface area contributed by atoms with Gasteiger partial charge in [-0.1, -0.05) is 0 Å². The minimum atomic E-state index is -0.0336. The molecule has 0 radical (unpaired) electrons. The lowest BCUT2D eigenvalue weighted by atomic mass is 10.1. The number of ether oxygens (including phenoxy) is 1. The van der Waals surface area contributed by atoms with Gasteiger partial charge in [0.15, 0.2) is 0 Å². The second-order valence-corrected chi connectivity index (χ2v) is 5.06. The Morgan fingerprint density at radius 2 is 2.47 bits per heavy atom. The predicted octanol–water partition coefficient (Wildman–Crippen LogP) is 1.42. The highest BCUT2D eigenvalue weighted by Crippen LogP contribution is 2.27. The fraction of sp³-hybridized carbons (Fsp3) is 0.545. The number of carbonyl (C=O) groups is 1. The van der Waals surface area contributed by atoms with Gasteiger partial charge in [-0.3, -0.25) is 9.69 Å². The number of esters is 1. The van der Waals surface area contributed by atoms with Crippen LogP contribution in [0.25, 0.3) is 0 Å². The third-order valence-corrected chi connectivity index (χ3v) is 4.21. The van der Waals surface area contributed by atoms with Gasteiger partial charge in [-0.25, -0.2) is 0 Å². The molecule has 0 unspecified atom stereocenters. The average molecular weight is 223 g/mol. The van der Waals surface area contributed by atoms with Crippen molar-refractivity contribution in [1.82, 2.24) is 4.90 Å². The van der Waals surface area contributed by atoms with Crippen molar-refractivity contribution in [3.05, 3.63) is 21.9 Å². The molecule has 1 aromatic heterocycles. The summed E-state index contributed by atoms with van der Waals surface area (Å²) >= 11 is 1.83. The first-order valence-corrected chi connectivity index (χ1v) is 6.18. The van der Waals surface area contributed by atoms with E-state index in [9.17, 15) is 4.79 Å². The standard InChI is InChI=1S/C11H13NO2S/c13-11-9(2-5-14-11)12-4-1-10-8(7-12)3-6-15-10/h3,6,9H,1-2,4-5,7H2/t9-/m1/s1. The number of hydrogen-bond donors (Lipinski definition) is 0. The van der Waals surface area contributed by atoms with E-state index in [0.717, 1.165) is 25.9 Å². The van der Waals surface area contributed by atoms with E-state index in [1.54, 1.807) is 0 Å². The van der Waals surface area contributed by atoms with Crippen LogP contribution in [0.4, 0.5) is 0 Å². The zero-order valence-electron chi connectivity index (χ0n) is 8.44.